The number of carbonyl (C=O) groups is 1. The van der Waals surface area contributed by atoms with Gasteiger partial charge in [-0.15, -0.1) is 6.58 Å². The van der Waals surface area contributed by atoms with E-state index >= 15 is 0 Å². The summed E-state index contributed by atoms with van der Waals surface area (Å²) in [5, 5.41) is 9.99. The zero-order chi connectivity index (χ0) is 12.5. The summed E-state index contributed by atoms with van der Waals surface area (Å²) in [6, 6.07) is 0. The van der Waals surface area contributed by atoms with E-state index < -0.39 is 30.2 Å². The van der Waals surface area contributed by atoms with Gasteiger partial charge in [0.1, 0.15) is 0 Å². The molecule has 0 fully saturated rings. The Hall–Kier alpha value is -1.21. The molecule has 0 saturated carbocycles. The predicted octanol–water partition coefficient (Wildman–Crippen LogP) is 1.22. The number of aliphatic carboxylic acids is 1. The molecule has 8 heteroatoms. The van der Waals surface area contributed by atoms with Gasteiger partial charge in [-0.1, -0.05) is 6.08 Å². The topological polar surface area (TPSA) is 40.1 Å². The number of carboxylic acids is 1. The molecule has 1 atom stereocenters. The molecule has 0 radical (unpaired) electrons. The Bertz CT molecular complexity index is 271. The van der Waals surface area contributed by atoms with Gasteiger partial charge in [0.05, 0.1) is 5.97 Å². The zero-order valence-corrected chi connectivity index (χ0v) is 7.08. The van der Waals surface area contributed by atoms with Gasteiger partial charge in [0.15, 0.2) is 0 Å². The third kappa shape index (κ3) is 2.07. The number of rotatable bonds is 4. The summed E-state index contributed by atoms with van der Waals surface area (Å²) in [6.45, 7) is 2.69. The molecule has 0 spiro atoms. The smallest absolute Gasteiger partial charge is 0.457 e. The lowest BCUT2D eigenvalue weighted by Crippen LogP contribution is -2.62. The van der Waals surface area contributed by atoms with Crippen molar-refractivity contribution in [1.29, 1.82) is 0 Å². The molecule has 0 aromatic heterocycles. The lowest BCUT2D eigenvalue weighted by Gasteiger charge is -2.34. The molecule has 0 rings (SSSR count). The average molecular weight is 235 g/mol. The maximum absolute atomic E-state index is 13.0. The number of alkyl halides is 6. The van der Waals surface area contributed by atoms with Crippen LogP contribution in [-0.4, -0.2) is 23.7 Å². The van der Waals surface area contributed by atoms with E-state index in [4.69, 9.17) is 0 Å². The standard InChI is InChI=1S/C7H6F6O2/c1-2-3-5(8,4(14)15)6(9,10)7(11,12)13/h2H,1,3H2,(H,14,15)/p-1. The van der Waals surface area contributed by atoms with Gasteiger partial charge in [-0.2, -0.15) is 22.0 Å². The molecule has 0 aliphatic rings. The summed E-state index contributed by atoms with van der Waals surface area (Å²) in [6.07, 6.45) is -7.72. The third-order valence-corrected chi connectivity index (χ3v) is 1.60. The van der Waals surface area contributed by atoms with Crippen LogP contribution in [-0.2, 0) is 4.79 Å². The van der Waals surface area contributed by atoms with E-state index in [1.165, 1.54) is 0 Å². The van der Waals surface area contributed by atoms with Crippen molar-refractivity contribution >= 4 is 5.97 Å². The van der Waals surface area contributed by atoms with Crippen molar-refractivity contribution in [3.8, 4) is 0 Å². The van der Waals surface area contributed by atoms with E-state index in [2.05, 4.69) is 6.58 Å². The van der Waals surface area contributed by atoms with Crippen LogP contribution in [0.25, 0.3) is 0 Å². The van der Waals surface area contributed by atoms with Crippen molar-refractivity contribution < 1.29 is 36.2 Å². The van der Waals surface area contributed by atoms with Crippen LogP contribution in [0.15, 0.2) is 12.7 Å². The average Bonchev–Trinajstić information content (AvgIpc) is 2.01. The quantitative estimate of drug-likeness (QED) is 0.543. The van der Waals surface area contributed by atoms with Crippen molar-refractivity contribution in [3.63, 3.8) is 0 Å². The monoisotopic (exact) mass is 235 g/mol. The SMILES string of the molecule is C=CCC(F)(C(=O)[O-])C(F)(F)C(F)(F)F. The highest BCUT2D eigenvalue weighted by Crippen LogP contribution is 2.47. The van der Waals surface area contributed by atoms with Crippen LogP contribution < -0.4 is 5.11 Å². The molecule has 2 nitrogen and oxygen atoms in total. The fraction of sp³-hybridized carbons (Fsp3) is 0.571. The van der Waals surface area contributed by atoms with Gasteiger partial charge < -0.3 is 9.90 Å². The van der Waals surface area contributed by atoms with Crippen LogP contribution in [0.2, 0.25) is 0 Å². The molecule has 0 aromatic carbocycles. The number of allylic oxidation sites excluding steroid dienone is 1. The fourth-order valence-corrected chi connectivity index (χ4v) is 0.763. The second kappa shape index (κ2) is 3.74. The Labute approximate surface area is 80.2 Å². The van der Waals surface area contributed by atoms with E-state index in [-0.39, 0.29) is 0 Å². The summed E-state index contributed by atoms with van der Waals surface area (Å²) in [5.41, 5.74) is -4.84. The molecule has 0 bridgehead atoms. The van der Waals surface area contributed by atoms with Gasteiger partial charge in [-0.25, -0.2) is 4.39 Å². The zero-order valence-electron chi connectivity index (χ0n) is 7.08. The molecule has 0 aliphatic heterocycles. The number of carboxylic acid groups (broad SMARTS) is 1. The molecule has 0 saturated heterocycles. The summed E-state index contributed by atoms with van der Waals surface area (Å²) in [7, 11) is 0. The first kappa shape index (κ1) is 13.8. The van der Waals surface area contributed by atoms with Crippen molar-refractivity contribution in [2.24, 2.45) is 0 Å². The highest BCUT2D eigenvalue weighted by atomic mass is 19.4. The lowest BCUT2D eigenvalue weighted by atomic mass is 9.93. The minimum atomic E-state index is -6.31. The van der Waals surface area contributed by atoms with E-state index in [9.17, 15) is 36.2 Å². The normalized spacial score (nSPS) is 16.9. The highest BCUT2D eigenvalue weighted by Gasteiger charge is 2.71. The maximum Gasteiger partial charge on any atom is 0.457 e. The van der Waals surface area contributed by atoms with E-state index in [1.54, 1.807) is 0 Å². The molecule has 0 heterocycles. The minimum absolute atomic E-state index is 0.301. The van der Waals surface area contributed by atoms with Crippen LogP contribution >= 0.6 is 0 Å². The van der Waals surface area contributed by atoms with Crippen LogP contribution in [0, 0.1) is 0 Å². The minimum Gasteiger partial charge on any atom is -0.546 e. The van der Waals surface area contributed by atoms with Gasteiger partial charge in [0, 0.05) is 6.42 Å². The number of halogens is 6. The third-order valence-electron chi connectivity index (χ3n) is 1.60. The predicted molar refractivity (Wildman–Crippen MR) is 34.7 cm³/mol. The Morgan fingerprint density at radius 1 is 1.20 bits per heavy atom. The van der Waals surface area contributed by atoms with Crippen LogP contribution in [0.4, 0.5) is 26.3 Å². The number of carbonyl (C=O) groups excluding carboxylic acids is 1. The molecule has 15 heavy (non-hydrogen) atoms. The number of hydrogen-bond acceptors (Lipinski definition) is 2. The first-order chi connectivity index (χ1) is 6.50. The first-order valence-electron chi connectivity index (χ1n) is 3.46. The first-order valence-corrected chi connectivity index (χ1v) is 3.46. The van der Waals surface area contributed by atoms with Gasteiger partial charge in [0.25, 0.3) is 0 Å². The molecule has 0 aliphatic carbocycles. The Morgan fingerprint density at radius 3 is 1.80 bits per heavy atom. The summed E-state index contributed by atoms with van der Waals surface area (Å²) in [4.78, 5) is 9.99. The van der Waals surface area contributed by atoms with Gasteiger partial charge in [0.2, 0.25) is 5.67 Å². The lowest BCUT2D eigenvalue weighted by molar-refractivity contribution is -0.365. The van der Waals surface area contributed by atoms with Crippen LogP contribution in [0.1, 0.15) is 6.42 Å². The van der Waals surface area contributed by atoms with Gasteiger partial charge in [-0.05, 0) is 0 Å². The second-order valence-electron chi connectivity index (χ2n) is 2.65. The van der Waals surface area contributed by atoms with Gasteiger partial charge in [-0.3, -0.25) is 0 Å². The fourth-order valence-electron chi connectivity index (χ4n) is 0.763. The van der Waals surface area contributed by atoms with E-state index in [0.717, 1.165) is 0 Å². The maximum atomic E-state index is 13.0. The molecule has 1 unspecified atom stereocenters. The molecule has 0 N–H and O–H groups in total. The highest BCUT2D eigenvalue weighted by molar-refractivity contribution is 5.77. The largest absolute Gasteiger partial charge is 0.546 e. The molecular formula is C7H5F6O2-. The Balaban J connectivity index is 5.44. The van der Waals surface area contributed by atoms with Crippen molar-refractivity contribution in [2.45, 2.75) is 24.2 Å². The number of hydrogen-bond donors (Lipinski definition) is 0. The molecule has 0 amide bonds. The summed E-state index contributed by atoms with van der Waals surface area (Å²) >= 11 is 0. The van der Waals surface area contributed by atoms with Crippen LogP contribution in [0.5, 0.6) is 0 Å². The molecule has 88 valence electrons. The summed E-state index contributed by atoms with van der Waals surface area (Å²) in [5.74, 6) is -9.17. The summed E-state index contributed by atoms with van der Waals surface area (Å²) < 4.78 is 73.0. The van der Waals surface area contributed by atoms with Crippen molar-refractivity contribution in [1.82, 2.24) is 0 Å². The molecular weight excluding hydrogens is 230 g/mol. The van der Waals surface area contributed by atoms with Crippen molar-refractivity contribution in [2.75, 3.05) is 0 Å². The van der Waals surface area contributed by atoms with Crippen LogP contribution in [0.3, 0.4) is 0 Å². The Morgan fingerprint density at radius 2 is 1.60 bits per heavy atom. The van der Waals surface area contributed by atoms with E-state index in [1.807, 2.05) is 0 Å². The Kier molecular flexibility index (Phi) is 3.44. The molecule has 0 aromatic rings. The van der Waals surface area contributed by atoms with E-state index in [0.29, 0.717) is 6.08 Å². The van der Waals surface area contributed by atoms with Gasteiger partial charge >= 0.3 is 12.1 Å². The second-order valence-corrected chi connectivity index (χ2v) is 2.65. The van der Waals surface area contributed by atoms with Crippen molar-refractivity contribution in [3.05, 3.63) is 12.7 Å².